The summed E-state index contributed by atoms with van der Waals surface area (Å²) >= 11 is 0. The van der Waals surface area contributed by atoms with Crippen molar-refractivity contribution in [3.63, 3.8) is 0 Å². The zero-order valence-corrected chi connectivity index (χ0v) is 12.8. The van der Waals surface area contributed by atoms with E-state index in [9.17, 15) is 4.79 Å². The molecule has 1 amide bonds. The lowest BCUT2D eigenvalue weighted by atomic mass is 10.2. The molecule has 0 radical (unpaired) electrons. The van der Waals surface area contributed by atoms with Crippen molar-refractivity contribution in [1.82, 2.24) is 25.2 Å². The van der Waals surface area contributed by atoms with Gasteiger partial charge in [-0.15, -0.1) is 5.10 Å². The van der Waals surface area contributed by atoms with E-state index in [1.165, 1.54) is 17.4 Å². The summed E-state index contributed by atoms with van der Waals surface area (Å²) in [5.41, 5.74) is 1.19. The molecule has 0 spiro atoms. The molecule has 2 aromatic rings. The van der Waals surface area contributed by atoms with Gasteiger partial charge in [-0.3, -0.25) is 9.69 Å². The zero-order chi connectivity index (χ0) is 15.4. The van der Waals surface area contributed by atoms with Gasteiger partial charge in [-0.1, -0.05) is 25.1 Å². The molecular weight excluding hydrogens is 278 g/mol. The summed E-state index contributed by atoms with van der Waals surface area (Å²) < 4.78 is 0. The fraction of sp³-hybridized carbons (Fsp3) is 0.438. The first-order chi connectivity index (χ1) is 10.8. The molecule has 3 rings (SSSR count). The van der Waals surface area contributed by atoms with Gasteiger partial charge in [-0.05, 0) is 38.1 Å². The average molecular weight is 299 g/mol. The van der Waals surface area contributed by atoms with Crippen molar-refractivity contribution in [2.75, 3.05) is 19.6 Å². The first-order valence-corrected chi connectivity index (χ1v) is 7.78. The molecule has 116 valence electrons. The molecule has 6 heteroatoms. The Kier molecular flexibility index (Phi) is 4.48. The molecular formula is C16H21N5O. The molecule has 22 heavy (non-hydrogen) atoms. The van der Waals surface area contributed by atoms with Crippen molar-refractivity contribution in [3.8, 4) is 5.69 Å². The van der Waals surface area contributed by atoms with Crippen LogP contribution in [0.1, 0.15) is 30.3 Å². The molecule has 0 bridgehead atoms. The maximum absolute atomic E-state index is 12.2. The van der Waals surface area contributed by atoms with Crippen LogP contribution in [0.4, 0.5) is 0 Å². The van der Waals surface area contributed by atoms with Crippen LogP contribution in [0.15, 0.2) is 36.5 Å². The Morgan fingerprint density at radius 2 is 2.18 bits per heavy atom. The van der Waals surface area contributed by atoms with Gasteiger partial charge in [0, 0.05) is 12.6 Å². The van der Waals surface area contributed by atoms with E-state index in [2.05, 4.69) is 27.3 Å². The quantitative estimate of drug-likeness (QED) is 0.908. The Morgan fingerprint density at radius 3 is 2.95 bits per heavy atom. The molecule has 1 aliphatic heterocycles. The number of amides is 1. The lowest BCUT2D eigenvalue weighted by molar-refractivity contribution is 0.0936. The molecule has 1 aliphatic rings. The van der Waals surface area contributed by atoms with Crippen molar-refractivity contribution in [1.29, 1.82) is 0 Å². The normalized spacial score (nSPS) is 18.5. The van der Waals surface area contributed by atoms with Crippen molar-refractivity contribution < 1.29 is 4.79 Å². The minimum Gasteiger partial charge on any atom is -0.349 e. The van der Waals surface area contributed by atoms with Crippen LogP contribution in [0.25, 0.3) is 5.69 Å². The number of aromatic nitrogens is 3. The number of hydrogen-bond acceptors (Lipinski definition) is 4. The topological polar surface area (TPSA) is 63.1 Å². The van der Waals surface area contributed by atoms with Crippen molar-refractivity contribution in [2.24, 2.45) is 0 Å². The Balaban J connectivity index is 1.60. The first-order valence-electron chi connectivity index (χ1n) is 7.78. The second kappa shape index (κ2) is 6.70. The molecule has 6 nitrogen and oxygen atoms in total. The summed E-state index contributed by atoms with van der Waals surface area (Å²) in [7, 11) is 0. The Labute approximate surface area is 130 Å². The third-order valence-corrected chi connectivity index (χ3v) is 4.12. The molecule has 1 aromatic carbocycles. The van der Waals surface area contributed by atoms with Gasteiger partial charge in [0.1, 0.15) is 0 Å². The minimum absolute atomic E-state index is 0.162. The van der Waals surface area contributed by atoms with E-state index in [4.69, 9.17) is 0 Å². The predicted octanol–water partition coefficient (Wildman–Crippen LogP) is 1.48. The molecule has 0 saturated carbocycles. The lowest BCUT2D eigenvalue weighted by Gasteiger charge is -2.22. The van der Waals surface area contributed by atoms with Gasteiger partial charge in [0.15, 0.2) is 5.69 Å². The lowest BCUT2D eigenvalue weighted by Crippen LogP contribution is -2.40. The van der Waals surface area contributed by atoms with E-state index in [-0.39, 0.29) is 5.91 Å². The van der Waals surface area contributed by atoms with Crippen molar-refractivity contribution in [2.45, 2.75) is 25.8 Å². The number of benzene rings is 1. The summed E-state index contributed by atoms with van der Waals surface area (Å²) in [4.78, 5) is 16.1. The number of rotatable bonds is 5. The van der Waals surface area contributed by atoms with Crippen molar-refractivity contribution in [3.05, 3.63) is 42.2 Å². The van der Waals surface area contributed by atoms with Gasteiger partial charge in [0.25, 0.3) is 5.91 Å². The molecule has 1 N–H and O–H groups in total. The number of likely N-dealkylation sites (tertiary alicyclic amines) is 1. The van der Waals surface area contributed by atoms with Gasteiger partial charge in [0.05, 0.1) is 11.9 Å². The van der Waals surface area contributed by atoms with E-state index in [0.29, 0.717) is 18.3 Å². The van der Waals surface area contributed by atoms with Gasteiger partial charge in [-0.2, -0.15) is 9.90 Å². The Hall–Kier alpha value is -2.21. The number of carbonyl (C=O) groups is 1. The third-order valence-electron chi connectivity index (χ3n) is 4.12. The fourth-order valence-electron chi connectivity index (χ4n) is 2.90. The monoisotopic (exact) mass is 299 g/mol. The average Bonchev–Trinajstić information content (AvgIpc) is 3.22. The smallest absolute Gasteiger partial charge is 0.273 e. The number of hydrogen-bond donors (Lipinski definition) is 1. The number of likely N-dealkylation sites (N-methyl/N-ethyl adjacent to an activating group) is 1. The van der Waals surface area contributed by atoms with Gasteiger partial charge >= 0.3 is 0 Å². The van der Waals surface area contributed by atoms with E-state index < -0.39 is 0 Å². The highest BCUT2D eigenvalue weighted by Crippen LogP contribution is 2.15. The van der Waals surface area contributed by atoms with Crippen LogP contribution in [0.2, 0.25) is 0 Å². The highest BCUT2D eigenvalue weighted by Gasteiger charge is 2.23. The van der Waals surface area contributed by atoms with Crippen LogP contribution in [-0.4, -0.2) is 51.5 Å². The van der Waals surface area contributed by atoms with E-state index >= 15 is 0 Å². The summed E-state index contributed by atoms with van der Waals surface area (Å²) in [6.07, 6.45) is 3.86. The maximum atomic E-state index is 12.2. The maximum Gasteiger partial charge on any atom is 0.273 e. The number of nitrogens with one attached hydrogen (secondary N) is 1. The molecule has 2 heterocycles. The van der Waals surface area contributed by atoms with Crippen LogP contribution in [0, 0.1) is 0 Å². The summed E-state index contributed by atoms with van der Waals surface area (Å²) in [5.74, 6) is -0.162. The predicted molar refractivity (Wildman–Crippen MR) is 84.0 cm³/mol. The summed E-state index contributed by atoms with van der Waals surface area (Å²) in [6, 6.07) is 10.0. The highest BCUT2D eigenvalue weighted by molar-refractivity contribution is 5.91. The van der Waals surface area contributed by atoms with Crippen LogP contribution >= 0.6 is 0 Å². The molecule has 1 fully saturated rings. The number of nitrogens with zero attached hydrogens (tertiary/aromatic N) is 4. The van der Waals surface area contributed by atoms with E-state index in [0.717, 1.165) is 25.2 Å². The highest BCUT2D eigenvalue weighted by atomic mass is 16.2. The van der Waals surface area contributed by atoms with E-state index in [1.54, 1.807) is 0 Å². The standard InChI is InChI=1S/C16H21N5O/c1-2-20-10-6-9-14(20)11-17-16(22)15-12-18-21(19-15)13-7-4-3-5-8-13/h3-5,7-8,12,14H,2,6,9-11H2,1H3,(H,17,22)/t14-/m0/s1. The van der Waals surface area contributed by atoms with Crippen LogP contribution < -0.4 is 5.32 Å². The summed E-state index contributed by atoms with van der Waals surface area (Å²) in [5, 5.41) is 11.4. The Bertz CT molecular complexity index is 624. The molecule has 0 unspecified atom stereocenters. The molecule has 0 aliphatic carbocycles. The number of para-hydroxylation sites is 1. The van der Waals surface area contributed by atoms with Gasteiger partial charge in [0.2, 0.25) is 0 Å². The second-order valence-corrected chi connectivity index (χ2v) is 5.49. The molecule has 1 aromatic heterocycles. The van der Waals surface area contributed by atoms with Crippen molar-refractivity contribution >= 4 is 5.91 Å². The SMILES string of the molecule is CCN1CCC[C@H]1CNC(=O)c1cnn(-c2ccccc2)n1. The van der Waals surface area contributed by atoms with Crippen LogP contribution in [-0.2, 0) is 0 Å². The minimum atomic E-state index is -0.162. The summed E-state index contributed by atoms with van der Waals surface area (Å²) in [6.45, 7) is 4.99. The molecule has 1 saturated heterocycles. The zero-order valence-electron chi connectivity index (χ0n) is 12.8. The van der Waals surface area contributed by atoms with E-state index in [1.807, 2.05) is 30.3 Å². The largest absolute Gasteiger partial charge is 0.349 e. The van der Waals surface area contributed by atoms with Crippen LogP contribution in [0.3, 0.4) is 0 Å². The molecule has 1 atom stereocenters. The van der Waals surface area contributed by atoms with Crippen LogP contribution in [0.5, 0.6) is 0 Å². The third kappa shape index (κ3) is 3.17. The Morgan fingerprint density at radius 1 is 1.36 bits per heavy atom. The van der Waals surface area contributed by atoms with Gasteiger partial charge < -0.3 is 5.32 Å². The van der Waals surface area contributed by atoms with Gasteiger partial charge in [-0.25, -0.2) is 0 Å². The first kappa shape index (κ1) is 14.7. The fourth-order valence-corrected chi connectivity index (χ4v) is 2.90. The number of carbonyl (C=O) groups excluding carboxylic acids is 1. The second-order valence-electron chi connectivity index (χ2n) is 5.49.